The van der Waals surface area contributed by atoms with Gasteiger partial charge >= 0.3 is 0 Å². The third kappa shape index (κ3) is 2.94. The molecule has 6 heteroatoms. The lowest BCUT2D eigenvalue weighted by Crippen LogP contribution is -2.67. The van der Waals surface area contributed by atoms with Crippen LogP contribution >= 0.6 is 0 Å². The summed E-state index contributed by atoms with van der Waals surface area (Å²) in [5.74, 6) is 1.57. The minimum Gasteiger partial charge on any atom is -0.467 e. The zero-order valence-electron chi connectivity index (χ0n) is 17.8. The molecule has 1 saturated heterocycles. The lowest BCUT2D eigenvalue weighted by Gasteiger charge is -2.56. The fourth-order valence-electron chi connectivity index (χ4n) is 7.19. The van der Waals surface area contributed by atoms with Crippen LogP contribution in [0.1, 0.15) is 68.1 Å². The highest BCUT2D eigenvalue weighted by molar-refractivity contribution is 5.98. The van der Waals surface area contributed by atoms with Crippen LogP contribution in [0.25, 0.3) is 0 Å². The van der Waals surface area contributed by atoms with Crippen LogP contribution in [0.3, 0.4) is 0 Å². The van der Waals surface area contributed by atoms with Crippen molar-refractivity contribution in [3.05, 3.63) is 29.8 Å². The Hall–Kier alpha value is -2.37. The summed E-state index contributed by atoms with van der Waals surface area (Å²) in [4.78, 5) is 41.0. The highest BCUT2D eigenvalue weighted by Crippen LogP contribution is 2.53. The third-order valence-corrected chi connectivity index (χ3v) is 8.71. The second kappa shape index (κ2) is 7.07. The predicted octanol–water partition coefficient (Wildman–Crippen LogP) is 3.30. The monoisotopic (exact) mass is 422 g/mol. The maximum Gasteiger partial charge on any atom is 0.258 e. The smallest absolute Gasteiger partial charge is 0.258 e. The highest BCUT2D eigenvalue weighted by atomic mass is 16.5. The van der Waals surface area contributed by atoms with Gasteiger partial charge < -0.3 is 15.0 Å². The number of hydrogen-bond acceptors (Lipinski definition) is 4. The van der Waals surface area contributed by atoms with Gasteiger partial charge in [0.25, 0.3) is 5.91 Å². The van der Waals surface area contributed by atoms with E-state index in [0.29, 0.717) is 36.5 Å². The fraction of sp³-hybridized carbons (Fsp3) is 0.640. The molecule has 164 valence electrons. The van der Waals surface area contributed by atoms with Crippen molar-refractivity contribution >= 4 is 17.6 Å². The molecule has 1 N–H and O–H groups in total. The maximum atomic E-state index is 13.7. The standard InChI is InChI=1S/C25H30N2O4/c28-21-11-12-27(20-7-3-1-5-17(20)21)24(30)19-13-16-10-9-15(19)14-25(16)26-23(29)18-6-2-4-8-22(18)31-25/h2,4,6,8,15-17,19-20H,1,3,5,7,9-14H2,(H,26,29). The van der Waals surface area contributed by atoms with Gasteiger partial charge in [-0.3, -0.25) is 14.4 Å². The average Bonchev–Trinajstić information content (AvgIpc) is 2.79. The summed E-state index contributed by atoms with van der Waals surface area (Å²) in [6, 6.07) is 7.52. The van der Waals surface area contributed by atoms with Crippen molar-refractivity contribution < 1.29 is 19.1 Å². The molecule has 6 nitrogen and oxygen atoms in total. The number of carbonyl (C=O) groups is 3. The maximum absolute atomic E-state index is 13.7. The number of hydrogen-bond donors (Lipinski definition) is 1. The summed E-state index contributed by atoms with van der Waals surface area (Å²) in [6.07, 6.45) is 8.04. The van der Waals surface area contributed by atoms with Gasteiger partial charge in [0, 0.05) is 43.2 Å². The van der Waals surface area contributed by atoms with Gasteiger partial charge in [-0.15, -0.1) is 0 Å². The number of nitrogens with zero attached hydrogens (tertiary/aromatic N) is 1. The summed E-state index contributed by atoms with van der Waals surface area (Å²) < 4.78 is 6.44. The van der Waals surface area contributed by atoms with Crippen molar-refractivity contribution in [2.75, 3.05) is 6.54 Å². The summed E-state index contributed by atoms with van der Waals surface area (Å²) in [6.45, 7) is 0.582. The first-order valence-corrected chi connectivity index (χ1v) is 12.0. The minimum absolute atomic E-state index is 0.0159. The van der Waals surface area contributed by atoms with Crippen molar-refractivity contribution in [1.29, 1.82) is 0 Å². The molecule has 1 aromatic carbocycles. The van der Waals surface area contributed by atoms with E-state index in [9.17, 15) is 14.4 Å². The average molecular weight is 423 g/mol. The normalized spacial score (nSPS) is 38.8. The van der Waals surface area contributed by atoms with Gasteiger partial charge in [0.15, 0.2) is 5.72 Å². The van der Waals surface area contributed by atoms with E-state index in [1.54, 1.807) is 6.07 Å². The van der Waals surface area contributed by atoms with Gasteiger partial charge in [-0.25, -0.2) is 0 Å². The van der Waals surface area contributed by atoms with Crippen LogP contribution in [0.4, 0.5) is 0 Å². The van der Waals surface area contributed by atoms with Gasteiger partial charge in [0.1, 0.15) is 11.5 Å². The molecule has 0 radical (unpaired) electrons. The molecule has 0 aromatic heterocycles. The van der Waals surface area contributed by atoms with Crippen LogP contribution in [0, 0.1) is 23.7 Å². The number of carbonyl (C=O) groups excluding carboxylic acids is 3. The molecule has 2 heterocycles. The number of benzene rings is 1. The predicted molar refractivity (Wildman–Crippen MR) is 113 cm³/mol. The van der Waals surface area contributed by atoms with Crippen molar-refractivity contribution in [3.63, 3.8) is 0 Å². The molecule has 7 rings (SSSR count). The number of ketones is 1. The second-order valence-corrected chi connectivity index (χ2v) is 10.2. The topological polar surface area (TPSA) is 75.7 Å². The van der Waals surface area contributed by atoms with Crippen LogP contribution in [0.2, 0.25) is 0 Å². The van der Waals surface area contributed by atoms with E-state index < -0.39 is 5.72 Å². The van der Waals surface area contributed by atoms with Crippen molar-refractivity contribution in [2.45, 2.75) is 69.6 Å². The van der Waals surface area contributed by atoms with Crippen LogP contribution in [0.5, 0.6) is 5.75 Å². The van der Waals surface area contributed by atoms with Gasteiger partial charge in [0.05, 0.1) is 5.56 Å². The molecule has 2 amide bonds. The number of rotatable bonds is 1. The SMILES string of the molecule is O=C1NC2(CC3CCC2CC3C(=O)N2CCC(=O)C3CCCCC32)Oc2ccccc21. The Morgan fingerprint density at radius 1 is 1.10 bits per heavy atom. The van der Waals surface area contributed by atoms with E-state index in [1.165, 1.54) is 0 Å². The number of piperidine rings is 1. The first kappa shape index (κ1) is 19.3. The number of likely N-dealkylation sites (tertiary alicyclic amines) is 1. The van der Waals surface area contributed by atoms with Crippen LogP contribution in [-0.2, 0) is 9.59 Å². The Bertz CT molecular complexity index is 945. The number of Topliss-reactive ketones (excluding diaryl/α,β-unsaturated/α-hetero) is 1. The van der Waals surface area contributed by atoms with Crippen LogP contribution in [0.15, 0.2) is 24.3 Å². The summed E-state index contributed by atoms with van der Waals surface area (Å²) in [5, 5.41) is 3.18. The summed E-state index contributed by atoms with van der Waals surface area (Å²) in [5.41, 5.74) is -0.0976. The quantitative estimate of drug-likeness (QED) is 0.754. The Morgan fingerprint density at radius 3 is 2.77 bits per heavy atom. The Kier molecular flexibility index (Phi) is 4.41. The minimum atomic E-state index is -0.684. The van der Waals surface area contributed by atoms with Gasteiger partial charge in [0.2, 0.25) is 5.91 Å². The number of para-hydroxylation sites is 1. The molecule has 4 saturated carbocycles. The van der Waals surface area contributed by atoms with Crippen molar-refractivity contribution in [3.8, 4) is 5.75 Å². The first-order valence-electron chi connectivity index (χ1n) is 12.0. The molecule has 6 unspecified atom stereocenters. The molecule has 5 fully saturated rings. The van der Waals surface area contributed by atoms with Gasteiger partial charge in [-0.05, 0) is 50.2 Å². The lowest BCUT2D eigenvalue weighted by atomic mass is 9.59. The Labute approximate surface area is 182 Å². The van der Waals surface area contributed by atoms with Crippen molar-refractivity contribution in [2.24, 2.45) is 23.7 Å². The van der Waals surface area contributed by atoms with E-state index in [2.05, 4.69) is 10.2 Å². The van der Waals surface area contributed by atoms with E-state index >= 15 is 0 Å². The molecule has 1 spiro atoms. The number of fused-ring (bicyclic) bond motifs is 4. The number of nitrogens with one attached hydrogen (secondary N) is 1. The van der Waals surface area contributed by atoms with Crippen molar-refractivity contribution in [1.82, 2.24) is 10.2 Å². The highest BCUT2D eigenvalue weighted by Gasteiger charge is 2.58. The molecular weight excluding hydrogens is 392 g/mol. The lowest BCUT2D eigenvalue weighted by molar-refractivity contribution is -0.162. The largest absolute Gasteiger partial charge is 0.467 e. The van der Waals surface area contributed by atoms with Gasteiger partial charge in [-0.1, -0.05) is 25.0 Å². The molecule has 2 aliphatic heterocycles. The van der Waals surface area contributed by atoms with Crippen LogP contribution in [-0.4, -0.2) is 40.8 Å². The van der Waals surface area contributed by atoms with Crippen LogP contribution < -0.4 is 10.1 Å². The molecule has 1 aromatic rings. The fourth-order valence-corrected chi connectivity index (χ4v) is 7.19. The molecule has 4 aliphatic carbocycles. The molecule has 6 aliphatic rings. The van der Waals surface area contributed by atoms with E-state index in [4.69, 9.17) is 4.74 Å². The third-order valence-electron chi connectivity index (χ3n) is 8.71. The Morgan fingerprint density at radius 2 is 1.94 bits per heavy atom. The van der Waals surface area contributed by atoms with E-state index in [0.717, 1.165) is 44.9 Å². The van der Waals surface area contributed by atoms with E-state index in [-0.39, 0.29) is 41.5 Å². The molecule has 6 atom stereocenters. The summed E-state index contributed by atoms with van der Waals surface area (Å²) in [7, 11) is 0. The first-order chi connectivity index (χ1) is 15.1. The van der Waals surface area contributed by atoms with E-state index in [1.807, 2.05) is 18.2 Å². The number of amides is 2. The Balaban J connectivity index is 1.23. The summed E-state index contributed by atoms with van der Waals surface area (Å²) >= 11 is 0. The molecule has 31 heavy (non-hydrogen) atoms. The zero-order valence-corrected chi connectivity index (χ0v) is 17.8. The number of ether oxygens (including phenoxy) is 1. The zero-order chi connectivity index (χ0) is 21.2. The van der Waals surface area contributed by atoms with Gasteiger partial charge in [-0.2, -0.15) is 0 Å². The molecular formula is C25H30N2O4. The second-order valence-electron chi connectivity index (χ2n) is 10.2. The molecule has 2 bridgehead atoms.